The van der Waals surface area contributed by atoms with Crippen LogP contribution >= 0.6 is 0 Å². The number of fused-ring (bicyclic) bond motifs is 1. The molecule has 0 aliphatic carbocycles. The number of carbonyl (C=O) groups excluding carboxylic acids is 3. The molecule has 1 aliphatic rings. The van der Waals surface area contributed by atoms with E-state index >= 15 is 0 Å². The minimum Gasteiger partial charge on any atom is -0.507 e. The second kappa shape index (κ2) is 9.17. The first kappa shape index (κ1) is 19.7. The van der Waals surface area contributed by atoms with Gasteiger partial charge >= 0.3 is 11.9 Å². The number of cyclic esters (lactones) is 1. The Hall–Kier alpha value is -2.63. The van der Waals surface area contributed by atoms with Crippen LogP contribution in [-0.2, 0) is 14.3 Å². The Morgan fingerprint density at radius 3 is 2.69 bits per heavy atom. The van der Waals surface area contributed by atoms with E-state index in [4.69, 9.17) is 9.47 Å². The number of rotatable bonds is 1. The van der Waals surface area contributed by atoms with Crippen molar-refractivity contribution in [3.63, 3.8) is 0 Å². The van der Waals surface area contributed by atoms with Gasteiger partial charge in [0.15, 0.2) is 0 Å². The first-order valence-corrected chi connectivity index (χ1v) is 8.81. The SMILES string of the molecule is CC(=O)Oc1cc(O)c2c(c1)/C=C/CCCC(=O)CCCC(C)OC2=O. The highest BCUT2D eigenvalue weighted by molar-refractivity contribution is 5.97. The van der Waals surface area contributed by atoms with Crippen LogP contribution in [0.4, 0.5) is 0 Å². The molecule has 1 heterocycles. The highest BCUT2D eigenvalue weighted by Gasteiger charge is 2.21. The predicted molar refractivity (Wildman–Crippen MR) is 96.0 cm³/mol. The van der Waals surface area contributed by atoms with Gasteiger partial charge in [-0.1, -0.05) is 12.2 Å². The van der Waals surface area contributed by atoms with Gasteiger partial charge < -0.3 is 14.6 Å². The van der Waals surface area contributed by atoms with Gasteiger partial charge in [0, 0.05) is 25.8 Å². The van der Waals surface area contributed by atoms with Gasteiger partial charge in [-0.3, -0.25) is 9.59 Å². The molecule has 0 saturated heterocycles. The zero-order chi connectivity index (χ0) is 19.1. The van der Waals surface area contributed by atoms with Crippen molar-refractivity contribution in [3.8, 4) is 11.5 Å². The second-order valence-corrected chi connectivity index (χ2v) is 6.44. The third-order valence-electron chi connectivity index (χ3n) is 4.09. The second-order valence-electron chi connectivity index (χ2n) is 6.44. The molecule has 140 valence electrons. The first-order chi connectivity index (χ1) is 12.4. The van der Waals surface area contributed by atoms with Crippen LogP contribution in [0.3, 0.4) is 0 Å². The lowest BCUT2D eigenvalue weighted by molar-refractivity contribution is -0.131. The summed E-state index contributed by atoms with van der Waals surface area (Å²) in [6, 6.07) is 2.73. The van der Waals surface area contributed by atoms with E-state index < -0.39 is 11.9 Å². The van der Waals surface area contributed by atoms with E-state index in [0.29, 0.717) is 37.7 Å². The summed E-state index contributed by atoms with van der Waals surface area (Å²) in [5.41, 5.74) is 0.443. The molecule has 0 spiro atoms. The number of benzene rings is 1. The predicted octanol–water partition coefficient (Wildman–Crippen LogP) is 3.80. The van der Waals surface area contributed by atoms with Gasteiger partial charge in [-0.25, -0.2) is 4.79 Å². The van der Waals surface area contributed by atoms with Crippen LogP contribution in [-0.4, -0.2) is 28.9 Å². The van der Waals surface area contributed by atoms with Crippen LogP contribution in [0.5, 0.6) is 11.5 Å². The van der Waals surface area contributed by atoms with Crippen molar-refractivity contribution in [2.75, 3.05) is 0 Å². The smallest absolute Gasteiger partial charge is 0.342 e. The number of phenols is 1. The standard InChI is InChI=1S/C20H24O6/c1-13-7-6-10-16(22)9-5-3-4-8-15-11-17(26-14(2)21)12-18(23)19(15)20(24)25-13/h4,8,11-13,23H,3,5-7,9-10H2,1-2H3/b8-4+. The summed E-state index contributed by atoms with van der Waals surface area (Å²) in [4.78, 5) is 35.5. The lowest BCUT2D eigenvalue weighted by Gasteiger charge is -2.16. The summed E-state index contributed by atoms with van der Waals surface area (Å²) in [6.45, 7) is 3.01. The summed E-state index contributed by atoms with van der Waals surface area (Å²) in [6.07, 6.45) is 6.75. The molecule has 1 aromatic rings. The maximum Gasteiger partial charge on any atom is 0.342 e. The molecule has 0 fully saturated rings. The Balaban J connectivity index is 2.37. The minimum atomic E-state index is -0.646. The number of hydrogen-bond acceptors (Lipinski definition) is 6. The van der Waals surface area contributed by atoms with E-state index in [0.717, 1.165) is 6.42 Å². The topological polar surface area (TPSA) is 89.9 Å². The average molecular weight is 360 g/mol. The number of Topliss-reactive ketones (excluding diaryl/α,β-unsaturated/α-hetero) is 1. The Morgan fingerprint density at radius 2 is 1.96 bits per heavy atom. The molecule has 0 bridgehead atoms. The zero-order valence-electron chi connectivity index (χ0n) is 15.1. The van der Waals surface area contributed by atoms with Crippen LogP contribution in [0.25, 0.3) is 6.08 Å². The third-order valence-corrected chi connectivity index (χ3v) is 4.09. The van der Waals surface area contributed by atoms with E-state index in [1.165, 1.54) is 19.1 Å². The summed E-state index contributed by atoms with van der Waals surface area (Å²) in [5, 5.41) is 10.3. The summed E-state index contributed by atoms with van der Waals surface area (Å²) < 4.78 is 10.4. The van der Waals surface area contributed by atoms with Crippen LogP contribution in [0.15, 0.2) is 18.2 Å². The van der Waals surface area contributed by atoms with Crippen LogP contribution in [0.2, 0.25) is 0 Å². The van der Waals surface area contributed by atoms with E-state index in [1.54, 1.807) is 13.0 Å². The number of esters is 2. The third kappa shape index (κ3) is 5.72. The van der Waals surface area contributed by atoms with Crippen molar-refractivity contribution < 1.29 is 29.0 Å². The summed E-state index contributed by atoms with van der Waals surface area (Å²) in [7, 11) is 0. The van der Waals surface area contributed by atoms with Gasteiger partial charge in [0.2, 0.25) is 0 Å². The fourth-order valence-corrected chi connectivity index (χ4v) is 2.84. The number of hydrogen-bond donors (Lipinski definition) is 1. The number of allylic oxidation sites excluding steroid dienone is 1. The van der Waals surface area contributed by atoms with Crippen molar-refractivity contribution in [2.24, 2.45) is 0 Å². The molecule has 6 nitrogen and oxygen atoms in total. The maximum atomic E-state index is 12.5. The van der Waals surface area contributed by atoms with E-state index in [2.05, 4.69) is 0 Å². The van der Waals surface area contributed by atoms with Crippen molar-refractivity contribution in [2.45, 2.75) is 58.5 Å². The number of ether oxygens (including phenoxy) is 2. The molecular weight excluding hydrogens is 336 g/mol. The largest absolute Gasteiger partial charge is 0.507 e. The van der Waals surface area contributed by atoms with Gasteiger partial charge in [-0.2, -0.15) is 0 Å². The van der Waals surface area contributed by atoms with Gasteiger partial charge in [0.25, 0.3) is 0 Å². The molecule has 1 unspecified atom stereocenters. The van der Waals surface area contributed by atoms with Gasteiger partial charge in [-0.15, -0.1) is 0 Å². The summed E-state index contributed by atoms with van der Waals surface area (Å²) >= 11 is 0. The lowest BCUT2D eigenvalue weighted by atomic mass is 10.0. The van der Waals surface area contributed by atoms with E-state index in [1.807, 2.05) is 6.08 Å². The van der Waals surface area contributed by atoms with Crippen LogP contribution in [0.1, 0.15) is 68.3 Å². The fourth-order valence-electron chi connectivity index (χ4n) is 2.84. The van der Waals surface area contributed by atoms with Crippen molar-refractivity contribution in [1.82, 2.24) is 0 Å². The lowest BCUT2D eigenvalue weighted by Crippen LogP contribution is -2.17. The average Bonchev–Trinajstić information content (AvgIpc) is 2.52. The molecule has 1 N–H and O–H groups in total. The molecule has 26 heavy (non-hydrogen) atoms. The Kier molecular flexibility index (Phi) is 6.95. The molecule has 1 aliphatic heterocycles. The normalized spacial score (nSPS) is 20.5. The summed E-state index contributed by atoms with van der Waals surface area (Å²) in [5.74, 6) is -1.11. The molecule has 6 heteroatoms. The van der Waals surface area contributed by atoms with Crippen molar-refractivity contribution in [1.29, 1.82) is 0 Å². The number of phenolic OH excluding ortho intramolecular Hbond substituents is 1. The molecule has 0 amide bonds. The molecule has 0 aromatic heterocycles. The van der Waals surface area contributed by atoms with Crippen molar-refractivity contribution in [3.05, 3.63) is 29.3 Å². The fraction of sp³-hybridized carbons (Fsp3) is 0.450. The monoisotopic (exact) mass is 360 g/mol. The van der Waals surface area contributed by atoms with Gasteiger partial charge in [-0.05, 0) is 44.2 Å². The highest BCUT2D eigenvalue weighted by Crippen LogP contribution is 2.30. The Labute approximate surface area is 152 Å². The van der Waals surface area contributed by atoms with Crippen molar-refractivity contribution >= 4 is 23.8 Å². The molecule has 0 saturated carbocycles. The first-order valence-electron chi connectivity index (χ1n) is 8.81. The molecular formula is C20H24O6. The number of carbonyl (C=O) groups is 3. The van der Waals surface area contributed by atoms with Crippen LogP contribution < -0.4 is 4.74 Å². The maximum absolute atomic E-state index is 12.5. The highest BCUT2D eigenvalue weighted by atomic mass is 16.5. The molecule has 1 atom stereocenters. The molecule has 0 radical (unpaired) electrons. The Bertz CT molecular complexity index is 719. The van der Waals surface area contributed by atoms with E-state index in [-0.39, 0.29) is 28.9 Å². The minimum absolute atomic E-state index is 0.0390. The Morgan fingerprint density at radius 1 is 1.23 bits per heavy atom. The van der Waals surface area contributed by atoms with Gasteiger partial charge in [0.05, 0.1) is 6.10 Å². The van der Waals surface area contributed by atoms with Gasteiger partial charge in [0.1, 0.15) is 22.8 Å². The molecule has 2 rings (SSSR count). The van der Waals surface area contributed by atoms with E-state index in [9.17, 15) is 19.5 Å². The number of ketones is 1. The zero-order valence-corrected chi connectivity index (χ0v) is 15.1. The quantitative estimate of drug-likeness (QED) is 0.605. The van der Waals surface area contributed by atoms with Crippen LogP contribution in [0, 0.1) is 0 Å². The number of aromatic hydroxyl groups is 1. The molecule has 1 aromatic carbocycles.